The highest BCUT2D eigenvalue weighted by Crippen LogP contribution is 2.21. The molecule has 2 rings (SSSR count). The minimum Gasteiger partial charge on any atom is -0.383 e. The molecule has 0 bridgehead atoms. The number of aromatic amines is 1. The number of hydrogen-bond acceptors (Lipinski definition) is 4. The van der Waals surface area contributed by atoms with Crippen molar-refractivity contribution in [1.29, 1.82) is 0 Å². The first kappa shape index (κ1) is 13.3. The number of hydrogen-bond donors (Lipinski definition) is 1. The first-order chi connectivity index (χ1) is 8.76. The maximum Gasteiger partial charge on any atom is 0.195 e. The zero-order valence-electron chi connectivity index (χ0n) is 10.3. The van der Waals surface area contributed by atoms with Crippen LogP contribution in [0.1, 0.15) is 0 Å². The first-order valence-corrected chi connectivity index (χ1v) is 7.18. The van der Waals surface area contributed by atoms with Crippen LogP contribution >= 0.6 is 24.0 Å². The van der Waals surface area contributed by atoms with E-state index in [4.69, 9.17) is 17.0 Å². The molecule has 1 N–H and O–H groups in total. The molecule has 0 amide bonds. The summed E-state index contributed by atoms with van der Waals surface area (Å²) in [7, 11) is 1.68. The minimum absolute atomic E-state index is 0.615. The predicted octanol–water partition coefficient (Wildman–Crippen LogP) is 2.98. The third-order valence-corrected chi connectivity index (χ3v) is 3.68. The van der Waals surface area contributed by atoms with Gasteiger partial charge in [0.1, 0.15) is 0 Å². The summed E-state index contributed by atoms with van der Waals surface area (Å²) in [6.07, 6.45) is 2.06. The molecule has 0 unspecified atom stereocenters. The molecule has 1 aromatic carbocycles. The zero-order chi connectivity index (χ0) is 13.0. The highest BCUT2D eigenvalue weighted by atomic mass is 32.2. The lowest BCUT2D eigenvalue weighted by molar-refractivity contribution is 0.187. The smallest absolute Gasteiger partial charge is 0.195 e. The molecule has 0 fully saturated rings. The zero-order valence-corrected chi connectivity index (χ0v) is 12.0. The number of methoxy groups -OCH3 is 1. The van der Waals surface area contributed by atoms with Crippen LogP contribution in [-0.4, -0.2) is 34.7 Å². The third-order valence-electron chi connectivity index (χ3n) is 2.63. The summed E-state index contributed by atoms with van der Waals surface area (Å²) in [5.74, 6) is 0.852. The average Bonchev–Trinajstić information content (AvgIpc) is 2.78. The van der Waals surface area contributed by atoms with E-state index in [1.807, 2.05) is 4.57 Å². The van der Waals surface area contributed by atoms with Gasteiger partial charge in [0, 0.05) is 17.6 Å². The van der Waals surface area contributed by atoms with Gasteiger partial charge < -0.3 is 4.74 Å². The van der Waals surface area contributed by atoms with Crippen molar-refractivity contribution < 1.29 is 4.74 Å². The molecular weight excluding hydrogens is 266 g/mol. The number of rotatable bonds is 5. The van der Waals surface area contributed by atoms with Crippen LogP contribution in [0.2, 0.25) is 0 Å². The van der Waals surface area contributed by atoms with Gasteiger partial charge in [0.15, 0.2) is 10.6 Å². The Morgan fingerprint density at radius 3 is 2.72 bits per heavy atom. The van der Waals surface area contributed by atoms with Crippen LogP contribution in [0.25, 0.3) is 11.4 Å². The fraction of sp³-hybridized carbons (Fsp3) is 0.333. The van der Waals surface area contributed by atoms with Crippen LogP contribution in [0.15, 0.2) is 29.2 Å². The van der Waals surface area contributed by atoms with Gasteiger partial charge in [0.05, 0.1) is 13.2 Å². The van der Waals surface area contributed by atoms with Crippen molar-refractivity contribution in [1.82, 2.24) is 14.8 Å². The minimum atomic E-state index is 0.615. The maximum atomic E-state index is 5.22. The molecule has 6 heteroatoms. The molecule has 0 saturated carbocycles. The van der Waals surface area contributed by atoms with Gasteiger partial charge in [0.2, 0.25) is 0 Å². The molecule has 18 heavy (non-hydrogen) atoms. The summed E-state index contributed by atoms with van der Waals surface area (Å²) in [4.78, 5) is 1.23. The summed E-state index contributed by atoms with van der Waals surface area (Å²) >= 11 is 6.94. The van der Waals surface area contributed by atoms with Gasteiger partial charge in [-0.2, -0.15) is 5.10 Å². The number of aromatic nitrogens is 3. The molecule has 0 atom stereocenters. The van der Waals surface area contributed by atoms with Crippen molar-refractivity contribution in [3.8, 4) is 11.4 Å². The number of nitrogens with zero attached hydrogens (tertiary/aromatic N) is 2. The van der Waals surface area contributed by atoms with Gasteiger partial charge >= 0.3 is 0 Å². The number of ether oxygens (including phenoxy) is 1. The van der Waals surface area contributed by atoms with Gasteiger partial charge in [0.25, 0.3) is 0 Å². The van der Waals surface area contributed by atoms with Crippen molar-refractivity contribution in [3.63, 3.8) is 0 Å². The molecule has 0 aliphatic heterocycles. The lowest BCUT2D eigenvalue weighted by Gasteiger charge is -2.06. The lowest BCUT2D eigenvalue weighted by Crippen LogP contribution is -2.06. The van der Waals surface area contributed by atoms with Crippen LogP contribution in [0.4, 0.5) is 0 Å². The monoisotopic (exact) mass is 281 g/mol. The molecule has 0 aliphatic carbocycles. The Morgan fingerprint density at radius 1 is 1.39 bits per heavy atom. The van der Waals surface area contributed by atoms with Gasteiger partial charge in [-0.15, -0.1) is 11.8 Å². The summed E-state index contributed by atoms with van der Waals surface area (Å²) < 4.78 is 7.66. The topological polar surface area (TPSA) is 42.8 Å². The lowest BCUT2D eigenvalue weighted by atomic mass is 10.2. The fourth-order valence-electron chi connectivity index (χ4n) is 1.67. The Hall–Kier alpha value is -1.11. The molecule has 0 aliphatic rings. The van der Waals surface area contributed by atoms with E-state index >= 15 is 0 Å². The number of thioether (sulfide) groups is 1. The second-order valence-corrected chi connectivity index (χ2v) is 4.99. The predicted molar refractivity (Wildman–Crippen MR) is 76.5 cm³/mol. The van der Waals surface area contributed by atoms with E-state index < -0.39 is 0 Å². The molecule has 1 heterocycles. The van der Waals surface area contributed by atoms with Gasteiger partial charge in [-0.1, -0.05) is 12.1 Å². The summed E-state index contributed by atoms with van der Waals surface area (Å²) in [6, 6.07) is 8.27. The van der Waals surface area contributed by atoms with E-state index in [9.17, 15) is 0 Å². The van der Waals surface area contributed by atoms with Gasteiger partial charge in [-0.05, 0) is 30.6 Å². The Balaban J connectivity index is 2.34. The van der Waals surface area contributed by atoms with Gasteiger partial charge in [-0.25, -0.2) is 0 Å². The molecule has 1 aromatic heterocycles. The van der Waals surface area contributed by atoms with E-state index in [-0.39, 0.29) is 0 Å². The number of nitrogens with one attached hydrogen (secondary N) is 1. The molecule has 0 spiro atoms. The summed E-state index contributed by atoms with van der Waals surface area (Å²) in [5.41, 5.74) is 1.05. The Kier molecular flexibility index (Phi) is 4.57. The van der Waals surface area contributed by atoms with Crippen LogP contribution in [0.3, 0.4) is 0 Å². The van der Waals surface area contributed by atoms with E-state index in [1.54, 1.807) is 18.9 Å². The van der Waals surface area contributed by atoms with E-state index in [0.29, 0.717) is 17.9 Å². The molecule has 0 radical (unpaired) electrons. The maximum absolute atomic E-state index is 5.22. The molecule has 0 saturated heterocycles. The van der Waals surface area contributed by atoms with E-state index in [0.717, 1.165) is 11.4 Å². The SMILES string of the molecule is COCCn1c(-c2ccc(SC)cc2)n[nH]c1=S. The summed E-state index contributed by atoms with van der Waals surface area (Å²) in [6.45, 7) is 1.31. The average molecular weight is 281 g/mol. The van der Waals surface area contributed by atoms with Crippen LogP contribution in [0.5, 0.6) is 0 Å². The van der Waals surface area contributed by atoms with Crippen molar-refractivity contribution in [3.05, 3.63) is 29.0 Å². The van der Waals surface area contributed by atoms with Crippen molar-refractivity contribution in [2.24, 2.45) is 0 Å². The third kappa shape index (κ3) is 2.82. The Morgan fingerprint density at radius 2 is 2.11 bits per heavy atom. The summed E-state index contributed by atoms with van der Waals surface area (Å²) in [5, 5.41) is 7.11. The normalized spacial score (nSPS) is 10.8. The molecule has 96 valence electrons. The quantitative estimate of drug-likeness (QED) is 0.676. The van der Waals surface area contributed by atoms with Gasteiger partial charge in [-0.3, -0.25) is 9.67 Å². The highest BCUT2D eigenvalue weighted by molar-refractivity contribution is 7.98. The molecule has 4 nitrogen and oxygen atoms in total. The number of H-pyrrole nitrogens is 1. The molecular formula is C12H15N3OS2. The Labute approximate surface area is 115 Å². The largest absolute Gasteiger partial charge is 0.383 e. The van der Waals surface area contributed by atoms with Crippen molar-refractivity contribution in [2.45, 2.75) is 11.4 Å². The van der Waals surface area contributed by atoms with Crippen molar-refractivity contribution >= 4 is 24.0 Å². The van der Waals surface area contributed by atoms with Crippen molar-refractivity contribution in [2.75, 3.05) is 20.0 Å². The first-order valence-electron chi connectivity index (χ1n) is 5.55. The van der Waals surface area contributed by atoms with Crippen LogP contribution in [-0.2, 0) is 11.3 Å². The van der Waals surface area contributed by atoms with E-state index in [2.05, 4.69) is 40.7 Å². The second kappa shape index (κ2) is 6.17. The highest BCUT2D eigenvalue weighted by Gasteiger charge is 2.08. The standard InChI is InChI=1S/C12H15N3OS2/c1-16-8-7-15-11(13-14-12(15)17)9-3-5-10(18-2)6-4-9/h3-6H,7-8H2,1-2H3,(H,14,17). The second-order valence-electron chi connectivity index (χ2n) is 3.73. The molecule has 2 aromatic rings. The van der Waals surface area contributed by atoms with Crippen LogP contribution in [0, 0.1) is 4.77 Å². The van der Waals surface area contributed by atoms with Crippen LogP contribution < -0.4 is 0 Å². The number of benzene rings is 1. The van der Waals surface area contributed by atoms with E-state index in [1.165, 1.54) is 4.90 Å². The Bertz CT molecular complexity index is 559. The fourth-order valence-corrected chi connectivity index (χ4v) is 2.30.